The van der Waals surface area contributed by atoms with Crippen molar-refractivity contribution >= 4 is 14.0 Å². The van der Waals surface area contributed by atoms with Gasteiger partial charge < -0.3 is 9.47 Å². The minimum Gasteiger partial charge on any atom is -0.469 e. The van der Waals surface area contributed by atoms with Gasteiger partial charge in [-0.1, -0.05) is 31.8 Å². The number of carbonyl (C=O) groups is 1. The van der Waals surface area contributed by atoms with Crippen LogP contribution in [0.1, 0.15) is 19.3 Å². The van der Waals surface area contributed by atoms with Gasteiger partial charge in [0.25, 0.3) is 0 Å². The summed E-state index contributed by atoms with van der Waals surface area (Å²) < 4.78 is 10.4. The second-order valence-electron chi connectivity index (χ2n) is 6.66. The molecule has 1 saturated carbocycles. The first kappa shape index (κ1) is 16.4. The third-order valence-corrected chi connectivity index (χ3v) is 5.30. The Morgan fingerprint density at radius 3 is 2.47 bits per heavy atom. The molecule has 0 saturated heterocycles. The maximum atomic E-state index is 11.5. The molecule has 1 aliphatic rings. The molecular weight excluding hydrogens is 256 g/mol. The second-order valence-corrected chi connectivity index (χ2v) is 12.2. The van der Waals surface area contributed by atoms with Crippen molar-refractivity contribution in [2.24, 2.45) is 11.8 Å². The quantitative estimate of drug-likeness (QED) is 0.425. The van der Waals surface area contributed by atoms with Crippen molar-refractivity contribution in [1.82, 2.24) is 0 Å². The highest BCUT2D eigenvalue weighted by Crippen LogP contribution is 2.37. The zero-order valence-electron chi connectivity index (χ0n) is 12.9. The van der Waals surface area contributed by atoms with Gasteiger partial charge in [-0.2, -0.15) is 0 Å². The maximum absolute atomic E-state index is 11.5. The van der Waals surface area contributed by atoms with Crippen LogP contribution in [0, 0.1) is 11.8 Å². The summed E-state index contributed by atoms with van der Waals surface area (Å²) in [5, 5.41) is 0. The van der Waals surface area contributed by atoms with E-state index in [4.69, 9.17) is 9.47 Å². The number of ether oxygens (including phenoxy) is 2. The third-order valence-electron chi connectivity index (χ3n) is 3.84. The Morgan fingerprint density at radius 1 is 1.26 bits per heavy atom. The summed E-state index contributed by atoms with van der Waals surface area (Å²) in [5.74, 6) is 0.626. The zero-order chi connectivity index (χ0) is 14.5. The van der Waals surface area contributed by atoms with Crippen molar-refractivity contribution < 1.29 is 14.3 Å². The van der Waals surface area contributed by atoms with Gasteiger partial charge in [0.1, 0.15) is 0 Å². The predicted octanol–water partition coefficient (Wildman–Crippen LogP) is 3.49. The van der Waals surface area contributed by atoms with E-state index in [0.29, 0.717) is 18.3 Å². The summed E-state index contributed by atoms with van der Waals surface area (Å²) >= 11 is 0. The first-order chi connectivity index (χ1) is 8.87. The summed E-state index contributed by atoms with van der Waals surface area (Å²) in [7, 11) is 2.19. The van der Waals surface area contributed by atoms with E-state index < -0.39 is 8.07 Å². The Morgan fingerprint density at radius 2 is 1.95 bits per heavy atom. The van der Waals surface area contributed by atoms with E-state index in [1.165, 1.54) is 13.2 Å². The number of methoxy groups -OCH3 is 2. The topological polar surface area (TPSA) is 35.5 Å². The highest BCUT2D eigenvalue weighted by Gasteiger charge is 2.35. The van der Waals surface area contributed by atoms with Gasteiger partial charge in [-0.15, -0.1) is 0 Å². The van der Waals surface area contributed by atoms with Crippen LogP contribution in [0.15, 0.2) is 12.2 Å². The standard InChI is InChI=1S/C15H28O3Si/c1-17-14-9-8-12(11-15(16)18-2)13(14)7-6-10-19(3,4)5/h6-7,12-14H,8-11H2,1-5H3/b7-6+/t12-,13+,14+/m1/s1. The van der Waals surface area contributed by atoms with E-state index in [0.717, 1.165) is 12.8 Å². The monoisotopic (exact) mass is 284 g/mol. The first-order valence-corrected chi connectivity index (χ1v) is 10.8. The van der Waals surface area contributed by atoms with Gasteiger partial charge in [-0.3, -0.25) is 4.79 Å². The lowest BCUT2D eigenvalue weighted by molar-refractivity contribution is -0.142. The molecule has 0 aromatic rings. The first-order valence-electron chi connectivity index (χ1n) is 7.13. The molecule has 0 amide bonds. The molecule has 1 fully saturated rings. The van der Waals surface area contributed by atoms with Crippen LogP contribution in [0.2, 0.25) is 25.7 Å². The van der Waals surface area contributed by atoms with Gasteiger partial charge in [-0.25, -0.2) is 0 Å². The number of allylic oxidation sites excluding steroid dienone is 1. The number of hydrogen-bond acceptors (Lipinski definition) is 3. The van der Waals surface area contributed by atoms with E-state index in [9.17, 15) is 4.79 Å². The minimum absolute atomic E-state index is 0.106. The normalized spacial score (nSPS) is 27.9. The lowest BCUT2D eigenvalue weighted by Gasteiger charge is -2.21. The van der Waals surface area contributed by atoms with Crippen molar-refractivity contribution in [2.45, 2.75) is 51.1 Å². The van der Waals surface area contributed by atoms with Gasteiger partial charge >= 0.3 is 5.97 Å². The molecular formula is C15H28O3Si. The molecule has 0 aromatic heterocycles. The van der Waals surface area contributed by atoms with Crippen LogP contribution in [-0.4, -0.2) is 34.4 Å². The third kappa shape index (κ3) is 5.49. The Kier molecular flexibility index (Phi) is 6.27. The molecule has 0 aromatic carbocycles. The van der Waals surface area contributed by atoms with Crippen LogP contribution in [0.25, 0.3) is 0 Å². The molecule has 0 N–H and O–H groups in total. The molecule has 4 heteroatoms. The fourth-order valence-corrected chi connectivity index (χ4v) is 3.58. The van der Waals surface area contributed by atoms with Crippen molar-refractivity contribution in [2.75, 3.05) is 14.2 Å². The summed E-state index contributed by atoms with van der Waals surface area (Å²) in [6.07, 6.45) is 7.45. The van der Waals surface area contributed by atoms with E-state index >= 15 is 0 Å². The Labute approximate surface area is 118 Å². The summed E-state index contributed by atoms with van der Waals surface area (Å²) in [6.45, 7) is 7.10. The van der Waals surface area contributed by atoms with Gasteiger partial charge in [0.15, 0.2) is 0 Å². The van der Waals surface area contributed by atoms with Gasteiger partial charge in [0.05, 0.1) is 13.2 Å². The van der Waals surface area contributed by atoms with Gasteiger partial charge in [-0.05, 0) is 24.8 Å². The lowest BCUT2D eigenvalue weighted by Crippen LogP contribution is -2.22. The molecule has 0 radical (unpaired) electrons. The molecule has 0 unspecified atom stereocenters. The smallest absolute Gasteiger partial charge is 0.305 e. The van der Waals surface area contributed by atoms with E-state index in [-0.39, 0.29) is 12.1 Å². The fourth-order valence-electron chi connectivity index (χ4n) is 2.74. The number of esters is 1. The lowest BCUT2D eigenvalue weighted by atomic mass is 9.91. The average Bonchev–Trinajstić information content (AvgIpc) is 2.70. The molecule has 1 aliphatic carbocycles. The number of hydrogen-bond donors (Lipinski definition) is 0. The van der Waals surface area contributed by atoms with E-state index in [1.54, 1.807) is 7.11 Å². The van der Waals surface area contributed by atoms with Crippen LogP contribution < -0.4 is 0 Å². The number of rotatable bonds is 6. The van der Waals surface area contributed by atoms with Crippen LogP contribution in [-0.2, 0) is 14.3 Å². The Hall–Kier alpha value is -0.613. The average molecular weight is 284 g/mol. The minimum atomic E-state index is -1.04. The molecule has 0 spiro atoms. The Balaban J connectivity index is 2.64. The molecule has 0 heterocycles. The van der Waals surface area contributed by atoms with Gasteiger partial charge in [0.2, 0.25) is 0 Å². The fraction of sp³-hybridized carbons (Fsp3) is 0.800. The number of carbonyl (C=O) groups excluding carboxylic acids is 1. The largest absolute Gasteiger partial charge is 0.469 e. The molecule has 3 atom stereocenters. The van der Waals surface area contributed by atoms with Crippen LogP contribution in [0.3, 0.4) is 0 Å². The predicted molar refractivity (Wildman–Crippen MR) is 80.9 cm³/mol. The second kappa shape index (κ2) is 7.24. The molecule has 0 aliphatic heterocycles. The van der Waals surface area contributed by atoms with Crippen LogP contribution >= 0.6 is 0 Å². The maximum Gasteiger partial charge on any atom is 0.305 e. The Bertz CT molecular complexity index is 320. The molecule has 1 rings (SSSR count). The molecule has 3 nitrogen and oxygen atoms in total. The van der Waals surface area contributed by atoms with Crippen molar-refractivity contribution in [1.29, 1.82) is 0 Å². The molecule has 0 bridgehead atoms. The summed E-state index contributed by atoms with van der Waals surface area (Å²) in [6, 6.07) is 1.19. The van der Waals surface area contributed by atoms with Crippen molar-refractivity contribution in [3.63, 3.8) is 0 Å². The van der Waals surface area contributed by atoms with E-state index in [2.05, 4.69) is 31.8 Å². The van der Waals surface area contributed by atoms with E-state index in [1.807, 2.05) is 0 Å². The van der Waals surface area contributed by atoms with Gasteiger partial charge in [0, 0.05) is 27.5 Å². The summed E-state index contributed by atoms with van der Waals surface area (Å²) in [4.78, 5) is 11.5. The van der Waals surface area contributed by atoms with Crippen LogP contribution in [0.4, 0.5) is 0 Å². The molecule has 110 valence electrons. The van der Waals surface area contributed by atoms with Crippen LogP contribution in [0.5, 0.6) is 0 Å². The highest BCUT2D eigenvalue weighted by molar-refractivity contribution is 6.76. The molecule has 19 heavy (non-hydrogen) atoms. The highest BCUT2D eigenvalue weighted by atomic mass is 28.3. The van der Waals surface area contributed by atoms with Crippen molar-refractivity contribution in [3.8, 4) is 0 Å². The summed E-state index contributed by atoms with van der Waals surface area (Å²) in [5.41, 5.74) is 0. The van der Waals surface area contributed by atoms with Crippen molar-refractivity contribution in [3.05, 3.63) is 12.2 Å². The SMILES string of the molecule is COC(=O)C[C@H]1CC[C@H](OC)[C@H]1/C=C/C[Si](C)(C)C. The zero-order valence-corrected chi connectivity index (χ0v) is 13.9.